The van der Waals surface area contributed by atoms with Crippen molar-refractivity contribution in [3.05, 3.63) is 12.3 Å². The molecule has 0 atom stereocenters. The average molecular weight is 329 g/mol. The summed E-state index contributed by atoms with van der Waals surface area (Å²) in [4.78, 5) is 8.18. The maximum Gasteiger partial charge on any atom is 0.224 e. The van der Waals surface area contributed by atoms with Crippen LogP contribution in [0.4, 0.5) is 11.8 Å². The van der Waals surface area contributed by atoms with Crippen LogP contribution in [0.15, 0.2) is 12.3 Å². The third kappa shape index (κ3) is 4.79. The van der Waals surface area contributed by atoms with Gasteiger partial charge in [0.15, 0.2) is 0 Å². The van der Waals surface area contributed by atoms with Crippen molar-refractivity contribution in [1.82, 2.24) is 14.3 Å². The minimum absolute atomic E-state index is 0.0295. The molecular formula is C13H23N5O3S. The van der Waals surface area contributed by atoms with E-state index in [9.17, 15) is 8.42 Å². The number of nitrogens with zero attached hydrogens (tertiary/aromatic N) is 3. The van der Waals surface area contributed by atoms with Crippen molar-refractivity contribution in [2.45, 2.75) is 31.7 Å². The summed E-state index contributed by atoms with van der Waals surface area (Å²) >= 11 is 0. The number of rotatable bonds is 7. The van der Waals surface area contributed by atoms with Crippen molar-refractivity contribution in [1.29, 1.82) is 0 Å². The zero-order valence-electron chi connectivity index (χ0n) is 12.5. The van der Waals surface area contributed by atoms with Crippen molar-refractivity contribution in [2.24, 2.45) is 0 Å². The smallest absolute Gasteiger partial charge is 0.224 e. The Morgan fingerprint density at radius 2 is 2.09 bits per heavy atom. The molecule has 1 saturated heterocycles. The summed E-state index contributed by atoms with van der Waals surface area (Å²) in [5.41, 5.74) is 5.60. The molecular weight excluding hydrogens is 306 g/mol. The normalized spacial score (nSPS) is 17.5. The third-order valence-electron chi connectivity index (χ3n) is 3.67. The summed E-state index contributed by atoms with van der Waals surface area (Å²) in [6, 6.07) is 1.76. The van der Waals surface area contributed by atoms with Crippen molar-refractivity contribution < 1.29 is 13.5 Å². The Morgan fingerprint density at radius 1 is 1.36 bits per heavy atom. The summed E-state index contributed by atoms with van der Waals surface area (Å²) in [6.45, 7) is 1.00. The highest BCUT2D eigenvalue weighted by Gasteiger charge is 2.27. The molecule has 8 nitrogen and oxygen atoms in total. The fourth-order valence-corrected chi connectivity index (χ4v) is 4.02. The molecule has 1 aromatic rings. The molecule has 0 spiro atoms. The van der Waals surface area contributed by atoms with Crippen molar-refractivity contribution in [2.75, 3.05) is 36.5 Å². The fraction of sp³-hybridized carbons (Fsp3) is 0.692. The summed E-state index contributed by atoms with van der Waals surface area (Å²) in [5, 5.41) is 11.9. The van der Waals surface area contributed by atoms with Gasteiger partial charge in [-0.25, -0.2) is 17.7 Å². The van der Waals surface area contributed by atoms with Crippen LogP contribution in [0.1, 0.15) is 25.7 Å². The van der Waals surface area contributed by atoms with E-state index in [1.807, 2.05) is 0 Å². The zero-order chi connectivity index (χ0) is 16.0. The van der Waals surface area contributed by atoms with E-state index in [0.29, 0.717) is 50.5 Å². The van der Waals surface area contributed by atoms with Crippen LogP contribution in [-0.4, -0.2) is 59.3 Å². The van der Waals surface area contributed by atoms with E-state index in [-0.39, 0.29) is 18.4 Å². The molecule has 0 radical (unpaired) electrons. The Labute approximate surface area is 130 Å². The van der Waals surface area contributed by atoms with Gasteiger partial charge in [-0.1, -0.05) is 0 Å². The first-order valence-corrected chi connectivity index (χ1v) is 9.06. The molecule has 0 amide bonds. The van der Waals surface area contributed by atoms with Gasteiger partial charge in [-0.15, -0.1) is 0 Å². The topological polar surface area (TPSA) is 121 Å². The van der Waals surface area contributed by atoms with Gasteiger partial charge in [-0.3, -0.25) is 0 Å². The Bertz CT molecular complexity index is 573. The maximum atomic E-state index is 12.2. The third-order valence-corrected chi connectivity index (χ3v) is 5.62. The second-order valence-corrected chi connectivity index (χ2v) is 7.46. The van der Waals surface area contributed by atoms with E-state index in [2.05, 4.69) is 15.3 Å². The number of nitrogens with one attached hydrogen (secondary N) is 1. The SMILES string of the molecule is Nc1ccnc(NC2CCN(S(=O)(=O)CCCCO)CC2)n1. The average Bonchev–Trinajstić information content (AvgIpc) is 2.48. The number of sulfonamides is 1. The molecule has 4 N–H and O–H groups in total. The molecule has 1 aliphatic rings. The quantitative estimate of drug-likeness (QED) is 0.604. The summed E-state index contributed by atoms with van der Waals surface area (Å²) < 4.78 is 25.8. The molecule has 0 unspecified atom stereocenters. The number of aromatic nitrogens is 2. The molecule has 1 aromatic heterocycles. The summed E-state index contributed by atoms with van der Waals surface area (Å²) in [6.07, 6.45) is 4.01. The van der Waals surface area contributed by atoms with Crippen LogP contribution < -0.4 is 11.1 Å². The fourth-order valence-electron chi connectivity index (χ4n) is 2.43. The number of nitrogens with two attached hydrogens (primary N) is 1. The standard InChI is InChI=1S/C13H23N5O3S/c14-12-3-6-15-13(17-12)16-11-4-7-18(8-5-11)22(20,21)10-2-1-9-19/h3,6,11,19H,1-2,4-5,7-10H2,(H3,14,15,16,17). The van der Waals surface area contributed by atoms with Crippen molar-refractivity contribution in [3.63, 3.8) is 0 Å². The lowest BCUT2D eigenvalue weighted by atomic mass is 10.1. The number of anilines is 2. The molecule has 124 valence electrons. The van der Waals surface area contributed by atoms with E-state index in [4.69, 9.17) is 10.8 Å². The predicted molar refractivity (Wildman–Crippen MR) is 84.8 cm³/mol. The summed E-state index contributed by atoms with van der Waals surface area (Å²) in [7, 11) is -3.22. The van der Waals surface area contributed by atoms with Crippen LogP contribution in [0.5, 0.6) is 0 Å². The lowest BCUT2D eigenvalue weighted by Gasteiger charge is -2.31. The van der Waals surface area contributed by atoms with Crippen LogP contribution in [-0.2, 0) is 10.0 Å². The lowest BCUT2D eigenvalue weighted by molar-refractivity contribution is 0.286. The van der Waals surface area contributed by atoms with Gasteiger partial charge in [0.25, 0.3) is 0 Å². The molecule has 22 heavy (non-hydrogen) atoms. The first kappa shape index (κ1) is 16.9. The van der Waals surface area contributed by atoms with Gasteiger partial charge in [-0.05, 0) is 31.7 Å². The Kier molecular flexibility index (Phi) is 5.92. The number of aliphatic hydroxyl groups excluding tert-OH is 1. The van der Waals surface area contributed by atoms with Crippen molar-refractivity contribution in [3.8, 4) is 0 Å². The molecule has 0 bridgehead atoms. The molecule has 9 heteroatoms. The Balaban J connectivity index is 1.82. The number of piperidine rings is 1. The number of unbranched alkanes of at least 4 members (excludes halogenated alkanes) is 1. The molecule has 0 aliphatic carbocycles. The summed E-state index contributed by atoms with van der Waals surface area (Å²) in [5.74, 6) is 0.981. The molecule has 1 aliphatic heterocycles. The minimum atomic E-state index is -3.22. The Hall–Kier alpha value is -1.45. The number of nitrogen functional groups attached to an aromatic ring is 1. The largest absolute Gasteiger partial charge is 0.396 e. The van der Waals surface area contributed by atoms with Crippen LogP contribution in [0.25, 0.3) is 0 Å². The van der Waals surface area contributed by atoms with Crippen molar-refractivity contribution >= 4 is 21.8 Å². The molecule has 0 saturated carbocycles. The number of hydrogen-bond donors (Lipinski definition) is 3. The molecule has 1 fully saturated rings. The van der Waals surface area contributed by atoms with Gasteiger partial charge in [-0.2, -0.15) is 4.98 Å². The lowest BCUT2D eigenvalue weighted by Crippen LogP contribution is -2.43. The second-order valence-electron chi connectivity index (χ2n) is 5.37. The second kappa shape index (κ2) is 7.70. The minimum Gasteiger partial charge on any atom is -0.396 e. The van der Waals surface area contributed by atoms with Gasteiger partial charge in [0, 0.05) is 31.9 Å². The first-order valence-electron chi connectivity index (χ1n) is 7.45. The highest BCUT2D eigenvalue weighted by molar-refractivity contribution is 7.89. The van der Waals surface area contributed by atoms with Gasteiger partial charge in [0.2, 0.25) is 16.0 Å². The Morgan fingerprint density at radius 3 is 2.73 bits per heavy atom. The number of hydrogen-bond acceptors (Lipinski definition) is 7. The number of aliphatic hydroxyl groups is 1. The van der Waals surface area contributed by atoms with Gasteiger partial charge in [0.1, 0.15) is 5.82 Å². The van der Waals surface area contributed by atoms with Crippen LogP contribution >= 0.6 is 0 Å². The van der Waals surface area contributed by atoms with E-state index < -0.39 is 10.0 Å². The highest BCUT2D eigenvalue weighted by atomic mass is 32.2. The van der Waals surface area contributed by atoms with Gasteiger partial charge in [0.05, 0.1) is 5.75 Å². The van der Waals surface area contributed by atoms with Crippen LogP contribution in [0.2, 0.25) is 0 Å². The van der Waals surface area contributed by atoms with E-state index in [1.165, 1.54) is 4.31 Å². The van der Waals surface area contributed by atoms with Gasteiger partial charge < -0.3 is 16.2 Å². The predicted octanol–water partition coefficient (Wildman–Crippen LogP) is 0.0374. The monoisotopic (exact) mass is 329 g/mol. The molecule has 2 rings (SSSR count). The maximum absolute atomic E-state index is 12.2. The zero-order valence-corrected chi connectivity index (χ0v) is 13.3. The van der Waals surface area contributed by atoms with Gasteiger partial charge >= 0.3 is 0 Å². The molecule has 0 aromatic carbocycles. The van der Waals surface area contributed by atoms with E-state index in [0.717, 1.165) is 0 Å². The van der Waals surface area contributed by atoms with E-state index >= 15 is 0 Å². The highest BCUT2D eigenvalue weighted by Crippen LogP contribution is 2.18. The molecule has 2 heterocycles. The van der Waals surface area contributed by atoms with Crippen LogP contribution in [0.3, 0.4) is 0 Å². The first-order chi connectivity index (χ1) is 10.5. The van der Waals surface area contributed by atoms with Crippen LogP contribution in [0, 0.1) is 0 Å². The van der Waals surface area contributed by atoms with E-state index in [1.54, 1.807) is 12.3 Å².